The molecule has 7 nitrogen and oxygen atoms in total. The first-order valence-electron chi connectivity index (χ1n) is 10.0. The van der Waals surface area contributed by atoms with Gasteiger partial charge >= 0.3 is 0 Å². The Hall–Kier alpha value is -4.39. The molecule has 2 N–H and O–H groups in total. The third-order valence-corrected chi connectivity index (χ3v) is 5.66. The minimum Gasteiger partial charge on any atom is -0.507 e. The van der Waals surface area contributed by atoms with Crippen molar-refractivity contribution in [2.24, 2.45) is 0 Å². The number of nitrogens with one attached hydrogen (secondary N) is 1. The number of nitrogens with zero attached hydrogens (tertiary/aromatic N) is 2. The molecular weight excluding hydrogens is 406 g/mol. The van der Waals surface area contributed by atoms with Gasteiger partial charge in [-0.3, -0.25) is 19.5 Å². The number of anilines is 1. The number of amides is 1. The number of aromatic amines is 1. The fraction of sp³-hybridized carbons (Fsp3) is 0.0800. The Morgan fingerprint density at radius 3 is 2.47 bits per heavy atom. The number of benzene rings is 2. The molecule has 1 fully saturated rings. The van der Waals surface area contributed by atoms with Crippen LogP contribution in [0.3, 0.4) is 0 Å². The van der Waals surface area contributed by atoms with Crippen molar-refractivity contribution in [1.29, 1.82) is 0 Å². The number of rotatable bonds is 4. The van der Waals surface area contributed by atoms with Crippen molar-refractivity contribution >= 4 is 34.0 Å². The number of ether oxygens (including phenoxy) is 1. The minimum absolute atomic E-state index is 0.0294. The van der Waals surface area contributed by atoms with E-state index in [-0.39, 0.29) is 11.3 Å². The highest BCUT2D eigenvalue weighted by Gasteiger charge is 2.47. The molecule has 2 aromatic heterocycles. The van der Waals surface area contributed by atoms with Gasteiger partial charge in [0, 0.05) is 40.7 Å². The summed E-state index contributed by atoms with van der Waals surface area (Å²) in [6.45, 7) is 0. The number of pyridine rings is 1. The maximum atomic E-state index is 13.2. The maximum Gasteiger partial charge on any atom is 0.300 e. The van der Waals surface area contributed by atoms with E-state index in [2.05, 4.69) is 9.97 Å². The van der Waals surface area contributed by atoms with Gasteiger partial charge in [0.25, 0.3) is 11.7 Å². The first kappa shape index (κ1) is 19.6. The summed E-state index contributed by atoms with van der Waals surface area (Å²) in [4.78, 5) is 34.9. The highest BCUT2D eigenvalue weighted by Crippen LogP contribution is 2.43. The Bertz CT molecular complexity index is 1360. The smallest absolute Gasteiger partial charge is 0.300 e. The molecule has 0 radical (unpaired) electrons. The van der Waals surface area contributed by atoms with Crippen LogP contribution in [0.2, 0.25) is 0 Å². The SMILES string of the molecule is COc1ccc(N2C(=O)C(=O)/C(=C(\O)c3c[nH]c4ccccc34)C2c2ccncc2)cc1. The number of carbonyl (C=O) groups excluding carboxylic acids is 2. The number of carbonyl (C=O) groups is 2. The molecule has 1 atom stereocenters. The molecule has 1 unspecified atom stereocenters. The van der Waals surface area contributed by atoms with E-state index in [1.165, 1.54) is 4.90 Å². The van der Waals surface area contributed by atoms with Crippen molar-refractivity contribution in [3.05, 3.63) is 96.0 Å². The minimum atomic E-state index is -0.806. The lowest BCUT2D eigenvalue weighted by atomic mass is 9.95. The zero-order valence-electron chi connectivity index (χ0n) is 17.1. The predicted molar refractivity (Wildman–Crippen MR) is 120 cm³/mol. The molecule has 1 aliphatic heterocycles. The molecule has 158 valence electrons. The van der Waals surface area contributed by atoms with Crippen molar-refractivity contribution in [1.82, 2.24) is 9.97 Å². The van der Waals surface area contributed by atoms with E-state index in [4.69, 9.17) is 4.74 Å². The lowest BCUT2D eigenvalue weighted by molar-refractivity contribution is -0.132. The third-order valence-electron chi connectivity index (χ3n) is 5.66. The molecule has 1 amide bonds. The first-order valence-corrected chi connectivity index (χ1v) is 10.0. The molecule has 1 saturated heterocycles. The van der Waals surface area contributed by atoms with Crippen LogP contribution in [0.15, 0.2) is 84.8 Å². The molecule has 4 aromatic rings. The number of aromatic nitrogens is 2. The fourth-order valence-corrected chi connectivity index (χ4v) is 4.12. The molecule has 0 bridgehead atoms. The summed E-state index contributed by atoms with van der Waals surface area (Å²) < 4.78 is 5.21. The van der Waals surface area contributed by atoms with Crippen molar-refractivity contribution in [3.8, 4) is 5.75 Å². The number of aliphatic hydroxyl groups is 1. The van der Waals surface area contributed by atoms with Crippen LogP contribution >= 0.6 is 0 Å². The van der Waals surface area contributed by atoms with Gasteiger partial charge in [0.05, 0.1) is 18.7 Å². The largest absolute Gasteiger partial charge is 0.507 e. The average Bonchev–Trinajstić information content (AvgIpc) is 3.38. The van der Waals surface area contributed by atoms with E-state index < -0.39 is 17.7 Å². The van der Waals surface area contributed by atoms with Gasteiger partial charge in [-0.2, -0.15) is 0 Å². The average molecular weight is 425 g/mol. The van der Waals surface area contributed by atoms with Gasteiger partial charge in [-0.25, -0.2) is 0 Å². The molecular formula is C25H19N3O4. The summed E-state index contributed by atoms with van der Waals surface area (Å²) in [5.74, 6) is -1.05. The second kappa shape index (κ2) is 7.70. The van der Waals surface area contributed by atoms with Crippen molar-refractivity contribution < 1.29 is 19.4 Å². The molecule has 3 heterocycles. The van der Waals surface area contributed by atoms with Crippen LogP contribution in [0.1, 0.15) is 17.2 Å². The third kappa shape index (κ3) is 3.02. The monoisotopic (exact) mass is 425 g/mol. The van der Waals surface area contributed by atoms with Crippen LogP contribution in [0, 0.1) is 0 Å². The Morgan fingerprint density at radius 2 is 1.75 bits per heavy atom. The molecule has 1 aliphatic rings. The van der Waals surface area contributed by atoms with E-state index in [1.807, 2.05) is 24.3 Å². The Kier molecular flexibility index (Phi) is 4.71. The standard InChI is InChI=1S/C25H19N3O4/c1-32-17-8-6-16(7-9-17)28-22(15-10-12-26-13-11-15)21(24(30)25(28)31)23(29)19-14-27-20-5-3-2-4-18(19)20/h2-14,22,27,29H,1H3/b23-21-. The lowest BCUT2D eigenvalue weighted by Gasteiger charge is -2.25. The van der Waals surface area contributed by atoms with Crippen molar-refractivity contribution in [2.45, 2.75) is 6.04 Å². The van der Waals surface area contributed by atoms with Crippen LogP contribution in [-0.4, -0.2) is 33.9 Å². The van der Waals surface area contributed by atoms with Crippen LogP contribution in [0.5, 0.6) is 5.75 Å². The number of Topliss-reactive ketones (excluding diaryl/α,β-unsaturated/α-hetero) is 1. The Labute approximate surface area is 183 Å². The quantitative estimate of drug-likeness (QED) is 0.290. The molecule has 7 heteroatoms. The number of hydrogen-bond acceptors (Lipinski definition) is 5. The van der Waals surface area contributed by atoms with Gasteiger partial charge in [0.1, 0.15) is 11.5 Å². The fourth-order valence-electron chi connectivity index (χ4n) is 4.12. The number of aliphatic hydroxyl groups excluding tert-OH is 1. The Morgan fingerprint density at radius 1 is 1.03 bits per heavy atom. The zero-order chi connectivity index (χ0) is 22.2. The zero-order valence-corrected chi connectivity index (χ0v) is 17.1. The lowest BCUT2D eigenvalue weighted by Crippen LogP contribution is -2.29. The second-order valence-electron chi connectivity index (χ2n) is 7.40. The maximum absolute atomic E-state index is 13.2. The van der Waals surface area contributed by atoms with Crippen molar-refractivity contribution in [3.63, 3.8) is 0 Å². The molecule has 0 aliphatic carbocycles. The van der Waals surface area contributed by atoms with Crippen LogP contribution in [-0.2, 0) is 9.59 Å². The van der Waals surface area contributed by atoms with E-state index >= 15 is 0 Å². The van der Waals surface area contributed by atoms with Gasteiger partial charge in [-0.15, -0.1) is 0 Å². The summed E-state index contributed by atoms with van der Waals surface area (Å²) in [6, 6.07) is 17.0. The van der Waals surface area contributed by atoms with Gasteiger partial charge < -0.3 is 14.8 Å². The number of H-pyrrole nitrogens is 1. The Balaban J connectivity index is 1.73. The van der Waals surface area contributed by atoms with Gasteiger partial charge in [0.15, 0.2) is 0 Å². The first-order chi connectivity index (χ1) is 15.6. The predicted octanol–water partition coefficient (Wildman–Crippen LogP) is 4.20. The van der Waals surface area contributed by atoms with Gasteiger partial charge in [-0.1, -0.05) is 18.2 Å². The van der Waals surface area contributed by atoms with Crippen LogP contribution in [0.4, 0.5) is 5.69 Å². The van der Waals surface area contributed by atoms with Crippen LogP contribution in [0.25, 0.3) is 16.7 Å². The molecule has 0 saturated carbocycles. The van der Waals surface area contributed by atoms with E-state index in [0.29, 0.717) is 22.6 Å². The molecule has 32 heavy (non-hydrogen) atoms. The number of fused-ring (bicyclic) bond motifs is 1. The van der Waals surface area contributed by atoms with Crippen molar-refractivity contribution in [2.75, 3.05) is 12.0 Å². The number of hydrogen-bond donors (Lipinski definition) is 2. The summed E-state index contributed by atoms with van der Waals surface area (Å²) in [7, 11) is 1.55. The number of methoxy groups -OCH3 is 1. The summed E-state index contributed by atoms with van der Waals surface area (Å²) in [5, 5.41) is 12.1. The molecule has 2 aromatic carbocycles. The van der Waals surface area contributed by atoms with E-state index in [9.17, 15) is 14.7 Å². The van der Waals surface area contributed by atoms with E-state index in [0.717, 1.165) is 10.9 Å². The highest BCUT2D eigenvalue weighted by molar-refractivity contribution is 6.51. The normalized spacial score (nSPS) is 17.8. The number of ketones is 1. The summed E-state index contributed by atoms with van der Waals surface area (Å²) in [5.41, 5.74) is 2.50. The molecule has 0 spiro atoms. The van der Waals surface area contributed by atoms with Crippen LogP contribution < -0.4 is 9.64 Å². The highest BCUT2D eigenvalue weighted by atomic mass is 16.5. The van der Waals surface area contributed by atoms with Gasteiger partial charge in [-0.05, 0) is 48.0 Å². The topological polar surface area (TPSA) is 95.5 Å². The summed E-state index contributed by atoms with van der Waals surface area (Å²) in [6.07, 6.45) is 4.83. The second-order valence-corrected chi connectivity index (χ2v) is 7.40. The van der Waals surface area contributed by atoms with E-state index in [1.54, 1.807) is 62.1 Å². The number of para-hydroxylation sites is 1. The molecule has 5 rings (SSSR count). The summed E-state index contributed by atoms with van der Waals surface area (Å²) >= 11 is 0. The van der Waals surface area contributed by atoms with Gasteiger partial charge in [0.2, 0.25) is 0 Å².